The molecule has 0 aliphatic rings. The summed E-state index contributed by atoms with van der Waals surface area (Å²) in [5.74, 6) is -0.207. The minimum Gasteiger partial charge on any atom is -0.459 e. The summed E-state index contributed by atoms with van der Waals surface area (Å²) in [7, 11) is 0. The molecule has 1 aromatic carbocycles. The number of benzene rings is 1. The molecule has 18 heavy (non-hydrogen) atoms. The quantitative estimate of drug-likeness (QED) is 0.608. The Morgan fingerprint density at radius 3 is 2.67 bits per heavy atom. The predicted molar refractivity (Wildman–Crippen MR) is 80.5 cm³/mol. The monoisotopic (exact) mass is 357 g/mol. The molecule has 1 aromatic heterocycles. The molecule has 0 amide bonds. The van der Waals surface area contributed by atoms with E-state index >= 15 is 0 Å². The smallest absolute Gasteiger partial charge is 0.326 e. The van der Waals surface area contributed by atoms with Crippen LogP contribution in [0.5, 0.6) is 0 Å². The van der Waals surface area contributed by atoms with Crippen molar-refractivity contribution in [2.75, 3.05) is 0 Å². The zero-order chi connectivity index (χ0) is 13.3. The number of carbonyl (C=O) groups is 1. The van der Waals surface area contributed by atoms with Gasteiger partial charge < -0.3 is 9.30 Å². The van der Waals surface area contributed by atoms with Crippen molar-refractivity contribution in [1.82, 2.24) is 4.57 Å². The zero-order valence-corrected chi connectivity index (χ0v) is 12.9. The lowest BCUT2D eigenvalue weighted by atomic mass is 10.2. The lowest BCUT2D eigenvalue weighted by molar-refractivity contribution is -0.155. The van der Waals surface area contributed by atoms with Gasteiger partial charge in [-0.05, 0) is 55.5 Å². The van der Waals surface area contributed by atoms with E-state index in [0.29, 0.717) is 0 Å². The summed E-state index contributed by atoms with van der Waals surface area (Å²) in [6.07, 6.45) is 0. The summed E-state index contributed by atoms with van der Waals surface area (Å²) < 4.78 is 8.37. The topological polar surface area (TPSA) is 31.2 Å². The lowest BCUT2D eigenvalue weighted by Crippen LogP contribution is -2.26. The van der Waals surface area contributed by atoms with E-state index < -0.39 is 5.60 Å². The molecule has 96 valence electrons. The van der Waals surface area contributed by atoms with E-state index in [1.54, 1.807) is 0 Å². The summed E-state index contributed by atoms with van der Waals surface area (Å²) in [5.41, 5.74) is 0.624. The first-order valence-corrected chi connectivity index (χ1v) is 6.90. The Labute approximate surface area is 120 Å². The third-order valence-corrected chi connectivity index (χ3v) is 3.36. The maximum atomic E-state index is 11.9. The van der Waals surface area contributed by atoms with Crippen molar-refractivity contribution in [3.8, 4) is 0 Å². The van der Waals surface area contributed by atoms with Gasteiger partial charge in [0.15, 0.2) is 0 Å². The number of fused-ring (bicyclic) bond motifs is 1. The van der Waals surface area contributed by atoms with Gasteiger partial charge in [0.1, 0.15) is 12.1 Å². The van der Waals surface area contributed by atoms with Crippen molar-refractivity contribution < 1.29 is 9.53 Å². The van der Waals surface area contributed by atoms with E-state index in [0.717, 1.165) is 14.6 Å². The second kappa shape index (κ2) is 4.91. The van der Waals surface area contributed by atoms with Crippen molar-refractivity contribution >= 4 is 39.5 Å². The van der Waals surface area contributed by atoms with E-state index in [2.05, 4.69) is 28.7 Å². The van der Waals surface area contributed by atoms with Gasteiger partial charge in [-0.25, -0.2) is 0 Å². The average molecular weight is 357 g/mol. The highest BCUT2D eigenvalue weighted by Crippen LogP contribution is 2.21. The van der Waals surface area contributed by atoms with Gasteiger partial charge in [0.25, 0.3) is 0 Å². The molecular weight excluding hydrogens is 341 g/mol. The molecule has 0 fully saturated rings. The molecule has 0 aliphatic heterocycles. The lowest BCUT2D eigenvalue weighted by Gasteiger charge is -2.20. The van der Waals surface area contributed by atoms with Crippen LogP contribution in [0.15, 0.2) is 30.3 Å². The largest absolute Gasteiger partial charge is 0.459 e. The number of rotatable bonds is 2. The highest BCUT2D eigenvalue weighted by atomic mass is 127. The molecule has 4 heteroatoms. The molecule has 2 aromatic rings. The Morgan fingerprint density at radius 2 is 2.00 bits per heavy atom. The van der Waals surface area contributed by atoms with E-state index in [-0.39, 0.29) is 12.5 Å². The van der Waals surface area contributed by atoms with Crippen molar-refractivity contribution in [2.45, 2.75) is 32.9 Å². The molecule has 1 heterocycles. The first-order valence-electron chi connectivity index (χ1n) is 5.82. The van der Waals surface area contributed by atoms with Crippen molar-refractivity contribution in [3.05, 3.63) is 34.0 Å². The Balaban J connectivity index is 2.27. The van der Waals surface area contributed by atoms with Crippen molar-refractivity contribution in [3.63, 3.8) is 0 Å². The van der Waals surface area contributed by atoms with Gasteiger partial charge in [0.05, 0.1) is 3.70 Å². The predicted octanol–water partition coefficient (Wildman–Crippen LogP) is 3.59. The third kappa shape index (κ3) is 3.04. The Kier molecular flexibility index (Phi) is 3.66. The van der Waals surface area contributed by atoms with Crippen LogP contribution in [0.2, 0.25) is 0 Å². The van der Waals surface area contributed by atoms with E-state index in [9.17, 15) is 4.79 Å². The molecule has 0 N–H and O–H groups in total. The minimum atomic E-state index is -0.439. The number of carbonyl (C=O) groups excluding carboxylic acids is 1. The summed E-state index contributed by atoms with van der Waals surface area (Å²) in [4.78, 5) is 11.9. The summed E-state index contributed by atoms with van der Waals surface area (Å²) in [6.45, 7) is 5.89. The molecule has 0 radical (unpaired) electrons. The molecule has 0 unspecified atom stereocenters. The summed E-state index contributed by atoms with van der Waals surface area (Å²) in [5, 5.41) is 1.14. The second-order valence-electron chi connectivity index (χ2n) is 5.20. The fourth-order valence-corrected chi connectivity index (χ4v) is 2.61. The van der Waals surface area contributed by atoms with Gasteiger partial charge in [-0.2, -0.15) is 0 Å². The van der Waals surface area contributed by atoms with Crippen molar-refractivity contribution in [2.24, 2.45) is 0 Å². The molecule has 0 spiro atoms. The fourth-order valence-electron chi connectivity index (χ4n) is 1.84. The highest BCUT2D eigenvalue weighted by molar-refractivity contribution is 14.1. The Hall–Kier alpha value is -1.04. The molecule has 2 rings (SSSR count). The van der Waals surface area contributed by atoms with Crippen molar-refractivity contribution in [1.29, 1.82) is 0 Å². The Bertz CT molecular complexity index is 581. The first-order chi connectivity index (χ1) is 8.37. The third-order valence-electron chi connectivity index (χ3n) is 2.47. The highest BCUT2D eigenvalue weighted by Gasteiger charge is 2.18. The molecule has 0 aliphatic carbocycles. The SMILES string of the molecule is CC(C)(C)OC(=O)Cn1c(I)cc2ccccc21. The summed E-state index contributed by atoms with van der Waals surface area (Å²) >= 11 is 2.24. The normalized spacial score (nSPS) is 11.8. The number of ether oxygens (including phenoxy) is 1. The van der Waals surface area contributed by atoms with Gasteiger partial charge in [0, 0.05) is 10.9 Å². The molecule has 0 atom stereocenters. The fraction of sp³-hybridized carbons (Fsp3) is 0.357. The standard InChI is InChI=1S/C14H16INO2/c1-14(2,3)18-13(17)9-16-11-7-5-4-6-10(11)8-12(16)15/h4-8H,9H2,1-3H3. The number of hydrogen-bond donors (Lipinski definition) is 0. The van der Waals surface area contributed by atoms with E-state index in [1.165, 1.54) is 0 Å². The van der Waals surface area contributed by atoms with Crippen LogP contribution in [0.4, 0.5) is 0 Å². The van der Waals surface area contributed by atoms with Gasteiger partial charge >= 0.3 is 5.97 Å². The van der Waals surface area contributed by atoms with Gasteiger partial charge in [-0.15, -0.1) is 0 Å². The number of hydrogen-bond acceptors (Lipinski definition) is 2. The number of esters is 1. The molecule has 0 bridgehead atoms. The van der Waals surface area contributed by atoms with Crippen LogP contribution in [0.3, 0.4) is 0 Å². The van der Waals surface area contributed by atoms with Crippen LogP contribution >= 0.6 is 22.6 Å². The van der Waals surface area contributed by atoms with Crippen LogP contribution < -0.4 is 0 Å². The maximum absolute atomic E-state index is 11.9. The average Bonchev–Trinajstić information content (AvgIpc) is 2.53. The minimum absolute atomic E-state index is 0.207. The number of para-hydroxylation sites is 1. The van der Waals surface area contributed by atoms with Crippen LogP contribution in [-0.2, 0) is 16.1 Å². The van der Waals surface area contributed by atoms with Gasteiger partial charge in [0.2, 0.25) is 0 Å². The molecule has 0 saturated heterocycles. The first kappa shape index (κ1) is 13.4. The molecule has 0 saturated carbocycles. The summed E-state index contributed by atoms with van der Waals surface area (Å²) in [6, 6.07) is 10.1. The van der Waals surface area contributed by atoms with Crippen LogP contribution in [0.25, 0.3) is 10.9 Å². The van der Waals surface area contributed by atoms with Crippen LogP contribution in [-0.4, -0.2) is 16.1 Å². The number of halogens is 1. The number of nitrogens with zero attached hydrogens (tertiary/aromatic N) is 1. The van der Waals surface area contributed by atoms with Crippen LogP contribution in [0, 0.1) is 3.70 Å². The zero-order valence-electron chi connectivity index (χ0n) is 10.7. The van der Waals surface area contributed by atoms with E-state index in [1.807, 2.05) is 49.6 Å². The second-order valence-corrected chi connectivity index (χ2v) is 6.30. The van der Waals surface area contributed by atoms with Crippen LogP contribution in [0.1, 0.15) is 20.8 Å². The maximum Gasteiger partial charge on any atom is 0.326 e. The van der Waals surface area contributed by atoms with E-state index in [4.69, 9.17) is 4.74 Å². The number of aromatic nitrogens is 1. The Morgan fingerprint density at radius 1 is 1.33 bits per heavy atom. The van der Waals surface area contributed by atoms with Gasteiger partial charge in [-0.3, -0.25) is 4.79 Å². The molecule has 3 nitrogen and oxygen atoms in total. The molecular formula is C14H16INO2. The van der Waals surface area contributed by atoms with Gasteiger partial charge in [-0.1, -0.05) is 18.2 Å².